The molecule has 0 saturated heterocycles. The summed E-state index contributed by atoms with van der Waals surface area (Å²) in [6.45, 7) is 0. The van der Waals surface area contributed by atoms with Crippen LogP contribution >= 0.6 is 11.3 Å². The summed E-state index contributed by atoms with van der Waals surface area (Å²) in [5.41, 5.74) is 7.45. The van der Waals surface area contributed by atoms with Gasteiger partial charge in [-0.25, -0.2) is 24.3 Å². The lowest BCUT2D eigenvalue weighted by atomic mass is 10.0. The second-order valence-corrected chi connectivity index (χ2v) is 14.1. The summed E-state index contributed by atoms with van der Waals surface area (Å²) >= 11 is 1.54. The standard InChI is InChI=1S/C45H26N6OS/c52-44-34-25-33-31-19-9-11-21-36(31)50(39(33)26-40(34)53-45-46-35-20-10-12-22-38(35)51(44)45)37-24-23-32(29-17-7-8-18-30(29)37)43-48-41(27-13-3-1-4-14-27)47-42(49-43)28-15-5-2-6-16-28/h1-26H. The third-order valence-corrected chi connectivity index (χ3v) is 11.0. The first kappa shape index (κ1) is 29.7. The highest BCUT2D eigenvalue weighted by atomic mass is 32.1. The van der Waals surface area contributed by atoms with E-state index in [1.807, 2.05) is 84.9 Å². The third kappa shape index (κ3) is 4.56. The summed E-state index contributed by atoms with van der Waals surface area (Å²) < 4.78 is 4.95. The maximum absolute atomic E-state index is 14.1. The first-order valence-corrected chi connectivity index (χ1v) is 18.2. The maximum Gasteiger partial charge on any atom is 0.266 e. The topological polar surface area (TPSA) is 78.0 Å². The Hall–Kier alpha value is -7.03. The molecule has 248 valence electrons. The summed E-state index contributed by atoms with van der Waals surface area (Å²) in [6, 6.07) is 53.2. The SMILES string of the molecule is O=c1c2cc3c4ccccc4n(-c4ccc(-c5nc(-c6ccccc6)nc(-c6ccccc6)n5)c5ccccc45)c3cc2sc2nc3ccccc3n12. The number of para-hydroxylation sites is 3. The molecule has 0 radical (unpaired) electrons. The van der Waals surface area contributed by atoms with Gasteiger partial charge >= 0.3 is 0 Å². The van der Waals surface area contributed by atoms with Crippen molar-refractivity contribution >= 4 is 70.0 Å². The number of fused-ring (bicyclic) bond motifs is 8. The van der Waals surface area contributed by atoms with Crippen molar-refractivity contribution < 1.29 is 0 Å². The quantitative estimate of drug-likeness (QED) is 0.183. The van der Waals surface area contributed by atoms with E-state index in [0.29, 0.717) is 27.8 Å². The number of hydrogen-bond donors (Lipinski definition) is 0. The van der Waals surface area contributed by atoms with Gasteiger partial charge in [0, 0.05) is 37.5 Å². The van der Waals surface area contributed by atoms with Crippen molar-refractivity contribution in [1.29, 1.82) is 0 Å². The lowest BCUT2D eigenvalue weighted by molar-refractivity contribution is 1.08. The summed E-state index contributed by atoms with van der Waals surface area (Å²) in [4.78, 5) is 34.6. The predicted molar refractivity (Wildman–Crippen MR) is 216 cm³/mol. The number of rotatable bonds is 4. The van der Waals surface area contributed by atoms with Crippen LogP contribution in [0.2, 0.25) is 0 Å². The molecule has 11 rings (SSSR count). The fraction of sp³-hybridized carbons (Fsp3) is 0. The Morgan fingerprint density at radius 3 is 1.79 bits per heavy atom. The van der Waals surface area contributed by atoms with Gasteiger partial charge in [-0.1, -0.05) is 127 Å². The Balaban J connectivity index is 1.17. The fourth-order valence-electron chi connectivity index (χ4n) is 7.60. The lowest BCUT2D eigenvalue weighted by Crippen LogP contribution is -2.11. The van der Waals surface area contributed by atoms with Crippen molar-refractivity contribution in [2.75, 3.05) is 0 Å². The number of benzene rings is 7. The lowest BCUT2D eigenvalue weighted by Gasteiger charge is -2.15. The Morgan fingerprint density at radius 2 is 1.06 bits per heavy atom. The van der Waals surface area contributed by atoms with Crippen molar-refractivity contribution in [1.82, 2.24) is 28.9 Å². The van der Waals surface area contributed by atoms with Gasteiger partial charge < -0.3 is 4.57 Å². The molecule has 0 spiro atoms. The van der Waals surface area contributed by atoms with Gasteiger partial charge in [-0.15, -0.1) is 0 Å². The molecule has 0 amide bonds. The van der Waals surface area contributed by atoms with Crippen LogP contribution in [0.25, 0.3) is 98.5 Å². The van der Waals surface area contributed by atoms with Crippen molar-refractivity contribution in [3.8, 4) is 39.9 Å². The van der Waals surface area contributed by atoms with Crippen molar-refractivity contribution in [2.24, 2.45) is 0 Å². The zero-order valence-corrected chi connectivity index (χ0v) is 28.8. The van der Waals surface area contributed by atoms with Crippen LogP contribution in [-0.2, 0) is 0 Å². The molecule has 4 aromatic heterocycles. The molecule has 0 unspecified atom stereocenters. The van der Waals surface area contributed by atoms with Gasteiger partial charge in [0.15, 0.2) is 22.4 Å². The third-order valence-electron chi connectivity index (χ3n) is 10.0. The minimum Gasteiger partial charge on any atom is -0.309 e. The molecule has 0 atom stereocenters. The molecule has 0 fully saturated rings. The zero-order chi connectivity index (χ0) is 35.0. The predicted octanol–water partition coefficient (Wildman–Crippen LogP) is 10.5. The van der Waals surface area contributed by atoms with E-state index >= 15 is 0 Å². The number of hydrogen-bond acceptors (Lipinski definition) is 6. The van der Waals surface area contributed by atoms with Crippen LogP contribution in [0.5, 0.6) is 0 Å². The van der Waals surface area contributed by atoms with Gasteiger partial charge in [0.25, 0.3) is 5.56 Å². The van der Waals surface area contributed by atoms with E-state index in [0.717, 1.165) is 70.7 Å². The Morgan fingerprint density at radius 1 is 0.453 bits per heavy atom. The van der Waals surface area contributed by atoms with E-state index in [2.05, 4.69) is 77.4 Å². The van der Waals surface area contributed by atoms with Crippen molar-refractivity contribution in [2.45, 2.75) is 0 Å². The summed E-state index contributed by atoms with van der Waals surface area (Å²) in [6.07, 6.45) is 0. The van der Waals surface area contributed by atoms with Crippen LogP contribution in [0.3, 0.4) is 0 Å². The normalized spacial score (nSPS) is 11.8. The van der Waals surface area contributed by atoms with Crippen LogP contribution in [0.4, 0.5) is 0 Å². The first-order valence-electron chi connectivity index (χ1n) is 17.4. The van der Waals surface area contributed by atoms with Gasteiger partial charge in [-0.05, 0) is 47.9 Å². The minimum atomic E-state index is -0.0573. The molecule has 8 heteroatoms. The van der Waals surface area contributed by atoms with Gasteiger partial charge in [0.05, 0.1) is 33.1 Å². The van der Waals surface area contributed by atoms with Gasteiger partial charge in [-0.2, -0.15) is 0 Å². The molecule has 0 saturated carbocycles. The summed E-state index contributed by atoms with van der Waals surface area (Å²) in [7, 11) is 0. The number of aromatic nitrogens is 6. The molecule has 0 aliphatic heterocycles. The van der Waals surface area contributed by atoms with Crippen LogP contribution in [0, 0.1) is 0 Å². The Kier molecular flexibility index (Phi) is 6.44. The fourth-order valence-corrected chi connectivity index (χ4v) is 8.64. The van der Waals surface area contributed by atoms with Crippen LogP contribution in [-0.4, -0.2) is 28.9 Å². The van der Waals surface area contributed by atoms with Crippen molar-refractivity contribution in [3.05, 3.63) is 168 Å². The molecule has 0 bridgehead atoms. The van der Waals surface area contributed by atoms with Crippen molar-refractivity contribution in [3.63, 3.8) is 0 Å². The molecule has 0 aliphatic rings. The van der Waals surface area contributed by atoms with E-state index in [-0.39, 0.29) is 5.56 Å². The van der Waals surface area contributed by atoms with E-state index in [1.165, 1.54) is 11.3 Å². The molecule has 7 aromatic carbocycles. The highest BCUT2D eigenvalue weighted by Gasteiger charge is 2.20. The maximum atomic E-state index is 14.1. The van der Waals surface area contributed by atoms with Gasteiger partial charge in [-0.3, -0.25) is 4.79 Å². The average molecular weight is 699 g/mol. The average Bonchev–Trinajstić information content (AvgIpc) is 3.75. The van der Waals surface area contributed by atoms with Crippen LogP contribution < -0.4 is 5.56 Å². The van der Waals surface area contributed by atoms with E-state index in [9.17, 15) is 4.79 Å². The smallest absolute Gasteiger partial charge is 0.266 e. The largest absolute Gasteiger partial charge is 0.309 e. The highest BCUT2D eigenvalue weighted by Crippen LogP contribution is 2.39. The summed E-state index contributed by atoms with van der Waals surface area (Å²) in [5.74, 6) is 1.85. The molecule has 0 N–H and O–H groups in total. The first-order chi connectivity index (χ1) is 26.2. The van der Waals surface area contributed by atoms with Gasteiger partial charge in [0.2, 0.25) is 0 Å². The second kappa shape index (κ2) is 11.5. The van der Waals surface area contributed by atoms with E-state index in [4.69, 9.17) is 19.9 Å². The Bertz CT molecular complexity index is 3250. The van der Waals surface area contributed by atoms with Gasteiger partial charge in [0.1, 0.15) is 0 Å². The number of imidazole rings is 1. The zero-order valence-electron chi connectivity index (χ0n) is 28.0. The molecule has 7 nitrogen and oxygen atoms in total. The van der Waals surface area contributed by atoms with Crippen LogP contribution in [0.15, 0.2) is 163 Å². The molecule has 4 heterocycles. The van der Waals surface area contributed by atoms with E-state index in [1.54, 1.807) is 4.40 Å². The minimum absolute atomic E-state index is 0.0573. The molecule has 11 aromatic rings. The summed E-state index contributed by atoms with van der Waals surface area (Å²) in [5, 5.41) is 4.86. The molecule has 53 heavy (non-hydrogen) atoms. The molecular weight excluding hydrogens is 673 g/mol. The molecular formula is C45H26N6OS. The van der Waals surface area contributed by atoms with E-state index < -0.39 is 0 Å². The Labute approximate surface area is 305 Å². The highest BCUT2D eigenvalue weighted by molar-refractivity contribution is 7.23. The molecule has 0 aliphatic carbocycles. The monoisotopic (exact) mass is 698 g/mol. The van der Waals surface area contributed by atoms with Crippen LogP contribution in [0.1, 0.15) is 0 Å². The number of nitrogens with zero attached hydrogens (tertiary/aromatic N) is 6. The second-order valence-electron chi connectivity index (χ2n) is 13.1.